The number of hydrogen-bond acceptors (Lipinski definition) is 2. The highest BCUT2D eigenvalue weighted by molar-refractivity contribution is 5.26. The van der Waals surface area contributed by atoms with Crippen molar-refractivity contribution in [1.29, 1.82) is 0 Å². The highest BCUT2D eigenvalue weighted by atomic mass is 16.4. The van der Waals surface area contributed by atoms with Gasteiger partial charge in [-0.3, -0.25) is 0 Å². The Bertz CT molecular complexity index is 345. The Morgan fingerprint density at radius 1 is 0.688 bits per heavy atom. The van der Waals surface area contributed by atoms with Crippen molar-refractivity contribution in [2.45, 2.75) is 49.7 Å². The van der Waals surface area contributed by atoms with E-state index in [4.69, 9.17) is 0 Å². The van der Waals surface area contributed by atoms with E-state index in [0.29, 0.717) is 11.8 Å². The van der Waals surface area contributed by atoms with Crippen LogP contribution in [0.4, 0.5) is 0 Å². The molecule has 0 radical (unpaired) electrons. The summed E-state index contributed by atoms with van der Waals surface area (Å²) >= 11 is 0. The molecule has 8 bridgehead atoms. The molecule has 7 aliphatic carbocycles. The fraction of sp³-hybridized carbons (Fsp3) is 1.00. The molecule has 0 amide bonds. The predicted molar refractivity (Wildman–Crippen MR) is 58.5 cm³/mol. The smallest absolute Gasteiger partial charge is 0.0969 e. The van der Waals surface area contributed by atoms with Crippen LogP contribution >= 0.6 is 0 Å². The third kappa shape index (κ3) is 0.669. The first kappa shape index (κ1) is 8.93. The van der Waals surface area contributed by atoms with Crippen molar-refractivity contribution in [2.75, 3.05) is 0 Å². The Labute approximate surface area is 96.0 Å². The largest absolute Gasteiger partial charge is 0.387 e. The van der Waals surface area contributed by atoms with Crippen molar-refractivity contribution in [3.05, 3.63) is 0 Å². The molecule has 88 valence electrons. The van der Waals surface area contributed by atoms with Gasteiger partial charge in [-0.25, -0.2) is 0 Å². The summed E-state index contributed by atoms with van der Waals surface area (Å²) in [7, 11) is 0. The lowest BCUT2D eigenvalue weighted by Gasteiger charge is -2.75. The maximum atomic E-state index is 11.0. The zero-order valence-electron chi connectivity index (χ0n) is 9.60. The SMILES string of the molecule is OC12C[C@H]3CC4C1CC1C[C@@H]4[C@@H](C3)[C@]2(O)C1. The standard InChI is InChI=1S/C14H20O2/c15-13-5-7-1-9-10-2-8(4-11(9)13)6-14(13,16)12(10)3-7/h7-12,15-16H,1-6H2/t7-,8?,9?,10-,11?,12+,13?,14+/m0/s1. The van der Waals surface area contributed by atoms with Crippen molar-refractivity contribution in [1.82, 2.24) is 0 Å². The summed E-state index contributed by atoms with van der Waals surface area (Å²) in [4.78, 5) is 0. The van der Waals surface area contributed by atoms with Crippen molar-refractivity contribution in [3.63, 3.8) is 0 Å². The molecule has 0 aromatic rings. The second-order valence-electron chi connectivity index (χ2n) is 7.47. The summed E-state index contributed by atoms with van der Waals surface area (Å²) in [5, 5.41) is 22.1. The normalized spacial score (nSPS) is 73.9. The topological polar surface area (TPSA) is 40.5 Å². The second-order valence-corrected chi connectivity index (χ2v) is 7.47. The molecule has 8 atom stereocenters. The minimum Gasteiger partial charge on any atom is -0.387 e. The maximum absolute atomic E-state index is 11.0. The molecular weight excluding hydrogens is 200 g/mol. The number of hydrogen-bond donors (Lipinski definition) is 2. The summed E-state index contributed by atoms with van der Waals surface area (Å²) in [5.41, 5.74) is -1.37. The van der Waals surface area contributed by atoms with Gasteiger partial charge in [-0.15, -0.1) is 0 Å². The summed E-state index contributed by atoms with van der Waals surface area (Å²) in [5.74, 6) is 3.87. The van der Waals surface area contributed by atoms with Gasteiger partial charge in [0.1, 0.15) is 0 Å². The molecule has 0 aliphatic heterocycles. The highest BCUT2D eigenvalue weighted by Gasteiger charge is 2.76. The molecule has 0 aromatic carbocycles. The van der Waals surface area contributed by atoms with Gasteiger partial charge in [-0.1, -0.05) is 0 Å². The van der Waals surface area contributed by atoms with E-state index in [2.05, 4.69) is 0 Å². The molecule has 0 saturated heterocycles. The molecule has 7 saturated carbocycles. The van der Waals surface area contributed by atoms with E-state index in [9.17, 15) is 10.2 Å². The van der Waals surface area contributed by atoms with Gasteiger partial charge >= 0.3 is 0 Å². The van der Waals surface area contributed by atoms with Crippen LogP contribution in [0.3, 0.4) is 0 Å². The molecule has 0 heterocycles. The van der Waals surface area contributed by atoms with E-state index in [-0.39, 0.29) is 0 Å². The van der Waals surface area contributed by atoms with Crippen molar-refractivity contribution in [3.8, 4) is 0 Å². The van der Waals surface area contributed by atoms with Crippen LogP contribution in [0.2, 0.25) is 0 Å². The molecule has 7 rings (SSSR count). The molecule has 4 unspecified atom stereocenters. The lowest BCUT2D eigenvalue weighted by atomic mass is 9.32. The van der Waals surface area contributed by atoms with Crippen molar-refractivity contribution in [2.24, 2.45) is 35.5 Å². The van der Waals surface area contributed by atoms with Gasteiger partial charge < -0.3 is 10.2 Å². The van der Waals surface area contributed by atoms with Crippen LogP contribution in [0, 0.1) is 35.5 Å². The molecule has 16 heavy (non-hydrogen) atoms. The average Bonchev–Trinajstić information content (AvgIpc) is 2.25. The molecular formula is C14H20O2. The summed E-state index contributed by atoms with van der Waals surface area (Å²) in [6, 6.07) is 0. The molecule has 0 spiro atoms. The fourth-order valence-electron chi connectivity index (χ4n) is 6.92. The van der Waals surface area contributed by atoms with E-state index in [0.717, 1.165) is 36.5 Å². The summed E-state index contributed by atoms with van der Waals surface area (Å²) in [6.07, 6.45) is 6.94. The molecule has 7 fully saturated rings. The highest BCUT2D eigenvalue weighted by Crippen LogP contribution is 2.73. The Morgan fingerprint density at radius 2 is 1.12 bits per heavy atom. The van der Waals surface area contributed by atoms with Crippen LogP contribution in [-0.2, 0) is 0 Å². The third-order valence-corrected chi connectivity index (χ3v) is 7.15. The molecule has 0 aromatic heterocycles. The zero-order chi connectivity index (χ0) is 10.7. The van der Waals surface area contributed by atoms with Crippen molar-refractivity contribution < 1.29 is 10.2 Å². The first-order chi connectivity index (χ1) is 7.62. The van der Waals surface area contributed by atoms with Gasteiger partial charge in [-0.2, -0.15) is 0 Å². The van der Waals surface area contributed by atoms with Crippen LogP contribution < -0.4 is 0 Å². The fourth-order valence-corrected chi connectivity index (χ4v) is 6.92. The van der Waals surface area contributed by atoms with E-state index in [1.54, 1.807) is 0 Å². The van der Waals surface area contributed by atoms with Crippen LogP contribution in [0.1, 0.15) is 38.5 Å². The quantitative estimate of drug-likeness (QED) is 0.650. The lowest BCUT2D eigenvalue weighted by Crippen LogP contribution is -2.80. The lowest BCUT2D eigenvalue weighted by molar-refractivity contribution is -0.358. The minimum atomic E-state index is -0.684. The summed E-state index contributed by atoms with van der Waals surface area (Å²) in [6.45, 7) is 0. The van der Waals surface area contributed by atoms with Crippen LogP contribution in [0.5, 0.6) is 0 Å². The van der Waals surface area contributed by atoms with Crippen LogP contribution in [0.15, 0.2) is 0 Å². The Morgan fingerprint density at radius 3 is 1.56 bits per heavy atom. The predicted octanol–water partition coefficient (Wildman–Crippen LogP) is 1.55. The van der Waals surface area contributed by atoms with Crippen LogP contribution in [0.25, 0.3) is 0 Å². The summed E-state index contributed by atoms with van der Waals surface area (Å²) < 4.78 is 0. The van der Waals surface area contributed by atoms with Gasteiger partial charge in [0.15, 0.2) is 0 Å². The molecule has 7 aliphatic rings. The molecule has 2 nitrogen and oxygen atoms in total. The minimum absolute atomic E-state index is 0.447. The molecule has 2 N–H and O–H groups in total. The number of aliphatic hydroxyl groups is 2. The first-order valence-corrected chi connectivity index (χ1v) is 7.06. The van der Waals surface area contributed by atoms with Gasteiger partial charge in [0.25, 0.3) is 0 Å². The Hall–Kier alpha value is -0.0800. The molecule has 2 heteroatoms. The monoisotopic (exact) mass is 220 g/mol. The average molecular weight is 220 g/mol. The first-order valence-electron chi connectivity index (χ1n) is 7.06. The second kappa shape index (κ2) is 2.24. The third-order valence-electron chi connectivity index (χ3n) is 7.15. The van der Waals surface area contributed by atoms with E-state index in [1.165, 1.54) is 25.7 Å². The number of rotatable bonds is 0. The van der Waals surface area contributed by atoms with Crippen molar-refractivity contribution >= 4 is 0 Å². The van der Waals surface area contributed by atoms with E-state index in [1.807, 2.05) is 0 Å². The van der Waals surface area contributed by atoms with Gasteiger partial charge in [0.05, 0.1) is 11.2 Å². The van der Waals surface area contributed by atoms with E-state index >= 15 is 0 Å². The van der Waals surface area contributed by atoms with E-state index < -0.39 is 11.2 Å². The van der Waals surface area contributed by atoms with Gasteiger partial charge in [0.2, 0.25) is 0 Å². The Balaban J connectivity index is 1.77. The zero-order valence-corrected chi connectivity index (χ0v) is 9.60. The van der Waals surface area contributed by atoms with Gasteiger partial charge in [0, 0.05) is 0 Å². The van der Waals surface area contributed by atoms with Crippen LogP contribution in [-0.4, -0.2) is 21.4 Å². The van der Waals surface area contributed by atoms with Gasteiger partial charge in [-0.05, 0) is 74.0 Å². The Kier molecular flexibility index (Phi) is 1.25. The maximum Gasteiger partial charge on any atom is 0.0969 e.